The highest BCUT2D eigenvalue weighted by atomic mass is 16.5. The van der Waals surface area contributed by atoms with Gasteiger partial charge in [-0.15, -0.1) is 0 Å². The van der Waals surface area contributed by atoms with Crippen molar-refractivity contribution in [3.8, 4) is 5.75 Å². The molecule has 0 spiro atoms. The minimum Gasteiger partial charge on any atom is -0.483 e. The number of hydrogen-bond acceptors (Lipinski definition) is 3. The molecule has 4 heteroatoms. The Labute approximate surface area is 125 Å². The number of aryl methyl sites for hydroxylation is 2. The van der Waals surface area contributed by atoms with Gasteiger partial charge in [0.15, 0.2) is 6.61 Å². The number of rotatable bonds is 4. The van der Waals surface area contributed by atoms with E-state index < -0.39 is 0 Å². The van der Waals surface area contributed by atoms with Gasteiger partial charge < -0.3 is 4.74 Å². The first-order valence-electron chi connectivity index (χ1n) is 7.19. The molecule has 4 nitrogen and oxygen atoms in total. The van der Waals surface area contributed by atoms with Gasteiger partial charge in [0.2, 0.25) is 0 Å². The Morgan fingerprint density at radius 3 is 2.48 bits per heavy atom. The molecule has 0 aliphatic carbocycles. The summed E-state index contributed by atoms with van der Waals surface area (Å²) in [6, 6.07) is 7.66. The van der Waals surface area contributed by atoms with Crippen LogP contribution < -0.4 is 4.74 Å². The van der Waals surface area contributed by atoms with Gasteiger partial charge in [-0.05, 0) is 43.9 Å². The number of nitrogens with zero attached hydrogens (tertiary/aromatic N) is 2. The first-order chi connectivity index (χ1) is 9.91. The van der Waals surface area contributed by atoms with E-state index in [1.54, 1.807) is 0 Å². The zero-order chi connectivity index (χ0) is 15.6. The first-order valence-corrected chi connectivity index (χ1v) is 7.19. The van der Waals surface area contributed by atoms with Crippen LogP contribution in [0.3, 0.4) is 0 Å². The Balaban J connectivity index is 2.15. The van der Waals surface area contributed by atoms with Crippen LogP contribution in [0.4, 0.5) is 0 Å². The molecule has 21 heavy (non-hydrogen) atoms. The summed E-state index contributed by atoms with van der Waals surface area (Å²) < 4.78 is 7.07. The van der Waals surface area contributed by atoms with Gasteiger partial charge in [0.05, 0.1) is 5.69 Å². The molecule has 0 atom stereocenters. The van der Waals surface area contributed by atoms with E-state index >= 15 is 0 Å². The van der Waals surface area contributed by atoms with Gasteiger partial charge in [-0.25, -0.2) is 4.68 Å². The van der Waals surface area contributed by atoms with Crippen molar-refractivity contribution in [3.05, 3.63) is 46.8 Å². The number of aromatic nitrogens is 2. The Morgan fingerprint density at radius 1 is 1.24 bits per heavy atom. The van der Waals surface area contributed by atoms with Crippen LogP contribution in [0.25, 0.3) is 0 Å². The topological polar surface area (TPSA) is 44.1 Å². The summed E-state index contributed by atoms with van der Waals surface area (Å²) >= 11 is 0. The lowest BCUT2D eigenvalue weighted by Crippen LogP contribution is -2.22. The number of para-hydroxylation sites is 1. The molecule has 0 amide bonds. The lowest BCUT2D eigenvalue weighted by Gasteiger charge is -2.09. The van der Waals surface area contributed by atoms with Gasteiger partial charge >= 0.3 is 0 Å². The monoisotopic (exact) mass is 286 g/mol. The second-order valence-corrected chi connectivity index (χ2v) is 5.60. The van der Waals surface area contributed by atoms with Crippen molar-refractivity contribution >= 4 is 5.91 Å². The van der Waals surface area contributed by atoms with E-state index in [1.807, 2.05) is 45.0 Å². The molecule has 0 saturated heterocycles. The molecule has 1 aromatic heterocycles. The van der Waals surface area contributed by atoms with E-state index in [2.05, 4.69) is 18.9 Å². The number of ether oxygens (including phenoxy) is 1. The summed E-state index contributed by atoms with van der Waals surface area (Å²) in [6.45, 7) is 10.0. The molecule has 1 heterocycles. The maximum Gasteiger partial charge on any atom is 0.284 e. The third kappa shape index (κ3) is 3.15. The SMILES string of the molecule is Cc1ccccc1OCC(=O)n1nc(C)c(C(C)C)c1C. The standard InChI is InChI=1S/C17H22N2O2/c1-11(2)17-13(4)18-19(14(17)5)16(20)10-21-15-9-7-6-8-12(15)3/h6-9,11H,10H2,1-5H3. The molecule has 0 radical (unpaired) electrons. The van der Waals surface area contributed by atoms with E-state index in [1.165, 1.54) is 4.68 Å². The molecule has 2 aromatic rings. The molecule has 0 aliphatic rings. The molecule has 0 saturated carbocycles. The summed E-state index contributed by atoms with van der Waals surface area (Å²) in [5.74, 6) is 0.936. The third-order valence-corrected chi connectivity index (χ3v) is 3.61. The van der Waals surface area contributed by atoms with Crippen LogP contribution in [0.5, 0.6) is 5.75 Å². The van der Waals surface area contributed by atoms with Gasteiger partial charge in [-0.1, -0.05) is 32.0 Å². The van der Waals surface area contributed by atoms with Gasteiger partial charge in [0.25, 0.3) is 5.91 Å². The van der Waals surface area contributed by atoms with Crippen LogP contribution in [-0.2, 0) is 0 Å². The normalized spacial score (nSPS) is 11.0. The summed E-state index contributed by atoms with van der Waals surface area (Å²) in [5, 5.41) is 4.35. The molecular formula is C17H22N2O2. The van der Waals surface area contributed by atoms with Crippen molar-refractivity contribution in [2.24, 2.45) is 0 Å². The lowest BCUT2D eigenvalue weighted by molar-refractivity contribution is 0.0817. The maximum absolute atomic E-state index is 12.3. The third-order valence-electron chi connectivity index (χ3n) is 3.61. The van der Waals surface area contributed by atoms with Crippen molar-refractivity contribution in [2.75, 3.05) is 6.61 Å². The van der Waals surface area contributed by atoms with Crippen molar-refractivity contribution < 1.29 is 9.53 Å². The van der Waals surface area contributed by atoms with Gasteiger partial charge in [0, 0.05) is 5.69 Å². The molecule has 1 aromatic carbocycles. The van der Waals surface area contributed by atoms with Crippen LogP contribution in [0.1, 0.15) is 47.1 Å². The largest absolute Gasteiger partial charge is 0.483 e. The second-order valence-electron chi connectivity index (χ2n) is 5.60. The molecule has 0 fully saturated rings. The smallest absolute Gasteiger partial charge is 0.284 e. The summed E-state index contributed by atoms with van der Waals surface area (Å²) in [5.41, 5.74) is 3.97. The molecule has 2 rings (SSSR count). The van der Waals surface area contributed by atoms with Crippen LogP contribution in [0, 0.1) is 20.8 Å². The van der Waals surface area contributed by atoms with Crippen LogP contribution >= 0.6 is 0 Å². The van der Waals surface area contributed by atoms with Crippen LogP contribution in [-0.4, -0.2) is 22.3 Å². The summed E-state index contributed by atoms with van der Waals surface area (Å²) in [6.07, 6.45) is 0. The quantitative estimate of drug-likeness (QED) is 0.861. The fourth-order valence-electron chi connectivity index (χ4n) is 2.65. The summed E-state index contributed by atoms with van der Waals surface area (Å²) in [4.78, 5) is 12.3. The van der Waals surface area contributed by atoms with E-state index in [0.29, 0.717) is 5.92 Å². The van der Waals surface area contributed by atoms with Gasteiger partial charge in [-0.3, -0.25) is 4.79 Å². The zero-order valence-electron chi connectivity index (χ0n) is 13.3. The van der Waals surface area contributed by atoms with Crippen LogP contribution in [0.15, 0.2) is 24.3 Å². The fraction of sp³-hybridized carbons (Fsp3) is 0.412. The van der Waals surface area contributed by atoms with Crippen molar-refractivity contribution in [1.29, 1.82) is 0 Å². The number of hydrogen-bond donors (Lipinski definition) is 0. The molecule has 0 aliphatic heterocycles. The predicted octanol–water partition coefficient (Wildman–Crippen LogP) is 3.65. The Kier molecular flexibility index (Phi) is 4.46. The van der Waals surface area contributed by atoms with E-state index in [4.69, 9.17) is 4.74 Å². The predicted molar refractivity (Wildman–Crippen MR) is 83.1 cm³/mol. The van der Waals surface area contributed by atoms with E-state index in [0.717, 1.165) is 28.3 Å². The highest BCUT2D eigenvalue weighted by Gasteiger charge is 2.18. The highest BCUT2D eigenvalue weighted by molar-refractivity contribution is 5.80. The molecule has 0 unspecified atom stereocenters. The van der Waals surface area contributed by atoms with Crippen molar-refractivity contribution in [2.45, 2.75) is 40.5 Å². The number of carbonyl (C=O) groups excluding carboxylic acids is 1. The van der Waals surface area contributed by atoms with Gasteiger partial charge in [-0.2, -0.15) is 5.10 Å². The van der Waals surface area contributed by atoms with E-state index in [-0.39, 0.29) is 12.5 Å². The number of carbonyl (C=O) groups is 1. The number of benzene rings is 1. The minimum absolute atomic E-state index is 0.00957. The van der Waals surface area contributed by atoms with Crippen LogP contribution in [0.2, 0.25) is 0 Å². The Hall–Kier alpha value is -2.10. The van der Waals surface area contributed by atoms with E-state index in [9.17, 15) is 4.79 Å². The Morgan fingerprint density at radius 2 is 1.90 bits per heavy atom. The fourth-order valence-corrected chi connectivity index (χ4v) is 2.65. The average molecular weight is 286 g/mol. The van der Waals surface area contributed by atoms with Crippen molar-refractivity contribution in [1.82, 2.24) is 9.78 Å². The second kappa shape index (κ2) is 6.12. The highest BCUT2D eigenvalue weighted by Crippen LogP contribution is 2.22. The molecule has 0 bridgehead atoms. The molecular weight excluding hydrogens is 264 g/mol. The van der Waals surface area contributed by atoms with Crippen molar-refractivity contribution in [3.63, 3.8) is 0 Å². The summed E-state index contributed by atoms with van der Waals surface area (Å²) in [7, 11) is 0. The average Bonchev–Trinajstić information content (AvgIpc) is 2.73. The molecule has 112 valence electrons. The molecule has 0 N–H and O–H groups in total. The maximum atomic E-state index is 12.3. The zero-order valence-corrected chi connectivity index (χ0v) is 13.3. The minimum atomic E-state index is -0.147. The van der Waals surface area contributed by atoms with Gasteiger partial charge in [0.1, 0.15) is 5.75 Å². The Bertz CT molecular complexity index is 657. The first kappa shape index (κ1) is 15.3. The lowest BCUT2D eigenvalue weighted by atomic mass is 10.0.